The van der Waals surface area contributed by atoms with E-state index in [9.17, 15) is 13.6 Å². The van der Waals surface area contributed by atoms with Gasteiger partial charge >= 0.3 is 12.6 Å². The fourth-order valence-electron chi connectivity index (χ4n) is 4.60. The van der Waals surface area contributed by atoms with Crippen molar-refractivity contribution in [2.45, 2.75) is 52.3 Å². The van der Waals surface area contributed by atoms with Gasteiger partial charge in [0, 0.05) is 63.3 Å². The molecule has 0 atom stereocenters. The summed E-state index contributed by atoms with van der Waals surface area (Å²) >= 11 is 0. The van der Waals surface area contributed by atoms with Gasteiger partial charge in [-0.1, -0.05) is 0 Å². The van der Waals surface area contributed by atoms with E-state index in [1.165, 1.54) is 0 Å². The molecule has 2 aliphatic rings. The van der Waals surface area contributed by atoms with Crippen LogP contribution < -0.4 is 15.0 Å². The van der Waals surface area contributed by atoms with Crippen LogP contribution in [0, 0.1) is 13.8 Å². The number of halogens is 2. The second-order valence-corrected chi connectivity index (χ2v) is 8.59. The second kappa shape index (κ2) is 9.54. The standard InChI is InChI=1S/C23H31F2N5O3/c1-14-11-17(12-20(15(14)2)33-22(24)25)28(4)21-18-13-29(23(31)26-3)8-5-19(18)30(27-21)16-6-9-32-10-7-16/h11-12,16,22H,5-10,13H2,1-4H3,(H,26,31). The van der Waals surface area contributed by atoms with Gasteiger partial charge in [0.15, 0.2) is 5.82 Å². The Bertz CT molecular complexity index is 1020. The first-order valence-corrected chi connectivity index (χ1v) is 11.2. The lowest BCUT2D eigenvalue weighted by molar-refractivity contribution is -0.0502. The van der Waals surface area contributed by atoms with Crippen LogP contribution >= 0.6 is 0 Å². The van der Waals surface area contributed by atoms with Crippen molar-refractivity contribution in [2.24, 2.45) is 0 Å². The molecule has 2 aromatic rings. The molecule has 0 aliphatic carbocycles. The number of carbonyl (C=O) groups is 1. The van der Waals surface area contributed by atoms with E-state index < -0.39 is 6.61 Å². The normalized spacial score (nSPS) is 16.6. The Hall–Kier alpha value is -2.88. The third-order valence-corrected chi connectivity index (χ3v) is 6.63. The van der Waals surface area contributed by atoms with Gasteiger partial charge in [-0.05, 0) is 43.9 Å². The summed E-state index contributed by atoms with van der Waals surface area (Å²) in [4.78, 5) is 16.0. The SMILES string of the molecule is CNC(=O)N1CCc2c(c(N(C)c3cc(C)c(C)c(OC(F)F)c3)nn2C2CCOCC2)C1. The topological polar surface area (TPSA) is 71.9 Å². The predicted molar refractivity (Wildman–Crippen MR) is 120 cm³/mol. The first-order valence-electron chi connectivity index (χ1n) is 11.2. The number of hydrogen-bond acceptors (Lipinski definition) is 5. The highest BCUT2D eigenvalue weighted by molar-refractivity contribution is 5.75. The van der Waals surface area contributed by atoms with Crippen molar-refractivity contribution in [3.05, 3.63) is 34.5 Å². The Morgan fingerprint density at radius 3 is 2.70 bits per heavy atom. The summed E-state index contributed by atoms with van der Waals surface area (Å²) in [5.41, 5.74) is 4.32. The van der Waals surface area contributed by atoms with Crippen LogP contribution in [0.4, 0.5) is 25.1 Å². The summed E-state index contributed by atoms with van der Waals surface area (Å²) in [6.45, 7) is 3.17. The van der Waals surface area contributed by atoms with Crippen LogP contribution in [-0.2, 0) is 17.7 Å². The molecule has 0 bridgehead atoms. The Kier molecular flexibility index (Phi) is 6.73. The highest BCUT2D eigenvalue weighted by Gasteiger charge is 2.32. The number of alkyl halides is 2. The van der Waals surface area contributed by atoms with Crippen molar-refractivity contribution in [1.29, 1.82) is 0 Å². The molecular formula is C23H31F2N5O3. The monoisotopic (exact) mass is 463 g/mol. The number of nitrogens with one attached hydrogen (secondary N) is 1. The van der Waals surface area contributed by atoms with E-state index >= 15 is 0 Å². The zero-order valence-electron chi connectivity index (χ0n) is 19.5. The van der Waals surface area contributed by atoms with E-state index in [4.69, 9.17) is 14.6 Å². The van der Waals surface area contributed by atoms with E-state index in [2.05, 4.69) is 10.00 Å². The number of amides is 2. The second-order valence-electron chi connectivity index (χ2n) is 8.59. The summed E-state index contributed by atoms with van der Waals surface area (Å²) in [5, 5.41) is 7.69. The molecule has 10 heteroatoms. The van der Waals surface area contributed by atoms with Crippen LogP contribution in [-0.4, -0.2) is 61.2 Å². The van der Waals surface area contributed by atoms with Gasteiger partial charge < -0.3 is 24.6 Å². The molecule has 33 heavy (non-hydrogen) atoms. The van der Waals surface area contributed by atoms with E-state index in [-0.39, 0.29) is 17.8 Å². The maximum atomic E-state index is 13.0. The van der Waals surface area contributed by atoms with Gasteiger partial charge in [-0.3, -0.25) is 4.68 Å². The third-order valence-electron chi connectivity index (χ3n) is 6.63. The number of urea groups is 1. The minimum atomic E-state index is -2.90. The number of nitrogens with zero attached hydrogens (tertiary/aromatic N) is 4. The maximum Gasteiger partial charge on any atom is 0.387 e. The minimum absolute atomic E-state index is 0.133. The van der Waals surface area contributed by atoms with Crippen LogP contribution in [0.1, 0.15) is 41.3 Å². The number of benzene rings is 1. The number of fused-ring (bicyclic) bond motifs is 1. The molecule has 180 valence electrons. The zero-order chi connectivity index (χ0) is 23.7. The average molecular weight is 464 g/mol. The van der Waals surface area contributed by atoms with Crippen molar-refractivity contribution in [2.75, 3.05) is 38.8 Å². The van der Waals surface area contributed by atoms with Gasteiger partial charge in [0.1, 0.15) is 5.75 Å². The largest absolute Gasteiger partial charge is 0.434 e. The quantitative estimate of drug-likeness (QED) is 0.728. The molecule has 4 rings (SSSR count). The smallest absolute Gasteiger partial charge is 0.387 e. The molecule has 8 nitrogen and oxygen atoms in total. The molecule has 0 saturated carbocycles. The Balaban J connectivity index is 1.76. The molecule has 3 heterocycles. The van der Waals surface area contributed by atoms with Gasteiger partial charge in [-0.25, -0.2) is 4.79 Å². The predicted octanol–water partition coefficient (Wildman–Crippen LogP) is 3.92. The summed E-state index contributed by atoms with van der Waals surface area (Å²) < 4.78 is 38.3. The Morgan fingerprint density at radius 2 is 2.03 bits per heavy atom. The number of aryl methyl sites for hydroxylation is 1. The van der Waals surface area contributed by atoms with Gasteiger partial charge in [-0.2, -0.15) is 13.9 Å². The van der Waals surface area contributed by atoms with Crippen molar-refractivity contribution in [3.8, 4) is 5.75 Å². The van der Waals surface area contributed by atoms with E-state index in [0.29, 0.717) is 44.0 Å². The lowest BCUT2D eigenvalue weighted by Crippen LogP contribution is -2.41. The number of rotatable bonds is 5. The fourth-order valence-corrected chi connectivity index (χ4v) is 4.60. The number of carbonyl (C=O) groups excluding carboxylic acids is 1. The first kappa shape index (κ1) is 23.3. The highest BCUT2D eigenvalue weighted by atomic mass is 19.3. The summed E-state index contributed by atoms with van der Waals surface area (Å²) in [6, 6.07) is 3.66. The van der Waals surface area contributed by atoms with Crippen LogP contribution in [0.5, 0.6) is 5.75 Å². The summed E-state index contributed by atoms with van der Waals surface area (Å²) in [7, 11) is 3.49. The van der Waals surface area contributed by atoms with Gasteiger partial charge in [0.2, 0.25) is 0 Å². The third kappa shape index (κ3) is 4.62. The van der Waals surface area contributed by atoms with Gasteiger partial charge in [-0.15, -0.1) is 0 Å². The molecule has 1 aromatic heterocycles. The van der Waals surface area contributed by atoms with Crippen LogP contribution in [0.15, 0.2) is 12.1 Å². The maximum absolute atomic E-state index is 13.0. The van der Waals surface area contributed by atoms with E-state index in [1.807, 2.05) is 24.9 Å². The van der Waals surface area contributed by atoms with Crippen LogP contribution in [0.25, 0.3) is 0 Å². The molecule has 1 saturated heterocycles. The molecule has 1 N–H and O–H groups in total. The lowest BCUT2D eigenvalue weighted by Gasteiger charge is -2.30. The molecule has 2 aliphatic heterocycles. The molecule has 0 radical (unpaired) electrons. The van der Waals surface area contributed by atoms with Crippen molar-refractivity contribution < 1.29 is 23.0 Å². The molecule has 2 amide bonds. The van der Waals surface area contributed by atoms with E-state index in [0.717, 1.165) is 35.5 Å². The van der Waals surface area contributed by atoms with Gasteiger partial charge in [0.25, 0.3) is 0 Å². The van der Waals surface area contributed by atoms with Crippen LogP contribution in [0.2, 0.25) is 0 Å². The van der Waals surface area contributed by atoms with Crippen molar-refractivity contribution in [3.63, 3.8) is 0 Å². The van der Waals surface area contributed by atoms with E-state index in [1.54, 1.807) is 24.9 Å². The minimum Gasteiger partial charge on any atom is -0.434 e. The first-order chi connectivity index (χ1) is 15.8. The molecule has 1 aromatic carbocycles. The number of ether oxygens (including phenoxy) is 2. The molecule has 1 fully saturated rings. The van der Waals surface area contributed by atoms with Gasteiger partial charge in [0.05, 0.1) is 12.6 Å². The Morgan fingerprint density at radius 1 is 1.30 bits per heavy atom. The average Bonchev–Trinajstić information content (AvgIpc) is 3.20. The summed E-state index contributed by atoms with van der Waals surface area (Å²) in [5.74, 6) is 0.868. The van der Waals surface area contributed by atoms with Crippen molar-refractivity contribution in [1.82, 2.24) is 20.0 Å². The van der Waals surface area contributed by atoms with Crippen LogP contribution in [0.3, 0.4) is 0 Å². The fraction of sp³-hybridized carbons (Fsp3) is 0.565. The zero-order valence-corrected chi connectivity index (χ0v) is 19.5. The molecular weight excluding hydrogens is 432 g/mol. The molecule has 0 unspecified atom stereocenters. The Labute approximate surface area is 192 Å². The number of anilines is 2. The molecule has 0 spiro atoms. The number of aromatic nitrogens is 2. The van der Waals surface area contributed by atoms with Crippen molar-refractivity contribution >= 4 is 17.5 Å². The lowest BCUT2D eigenvalue weighted by atomic mass is 10.0. The highest BCUT2D eigenvalue weighted by Crippen LogP contribution is 2.38. The number of hydrogen-bond donors (Lipinski definition) is 1. The summed E-state index contributed by atoms with van der Waals surface area (Å²) in [6.07, 6.45) is 2.46.